The first-order valence-electron chi connectivity index (χ1n) is 4.96. The van der Waals surface area contributed by atoms with E-state index in [4.69, 9.17) is 0 Å². The molecule has 0 aliphatic rings. The minimum atomic E-state index is 0.939. The van der Waals surface area contributed by atoms with E-state index in [1.807, 2.05) is 30.5 Å². The number of hydrogen-bond acceptors (Lipinski definition) is 2. The number of nitrogens with zero attached hydrogens (tertiary/aromatic N) is 2. The standard InChI is InChI=1S/C12H11N2.Y/c1-2-10-6-7-12(14-9-10)11-5-3-4-8-13-11;/h3-9H,1-2H2;. The Morgan fingerprint density at radius 1 is 1.00 bits per heavy atom. The van der Waals surface area contributed by atoms with E-state index < -0.39 is 0 Å². The fourth-order valence-electron chi connectivity index (χ4n) is 1.40. The average Bonchev–Trinajstić information content (AvgIpc) is 2.32. The molecule has 2 aromatic rings. The molecular formula is C12H11N2Y. The molecule has 2 heterocycles. The van der Waals surface area contributed by atoms with Gasteiger partial charge >= 0.3 is 110 Å². The Hall–Kier alpha value is -0.596. The van der Waals surface area contributed by atoms with E-state index in [1.165, 1.54) is 39.7 Å². The zero-order valence-electron chi connectivity index (χ0n) is 8.43. The fourth-order valence-corrected chi connectivity index (χ4v) is 2.22. The summed E-state index contributed by atoms with van der Waals surface area (Å²) in [4.78, 5) is 8.69. The van der Waals surface area contributed by atoms with E-state index in [-0.39, 0.29) is 0 Å². The number of aryl methyl sites for hydroxylation is 1. The van der Waals surface area contributed by atoms with Crippen LogP contribution < -0.4 is 0 Å². The Bertz CT molecular complexity index is 411. The van der Waals surface area contributed by atoms with Crippen LogP contribution >= 0.6 is 0 Å². The van der Waals surface area contributed by atoms with E-state index in [2.05, 4.69) is 16.0 Å². The van der Waals surface area contributed by atoms with Crippen LogP contribution in [0.5, 0.6) is 0 Å². The van der Waals surface area contributed by atoms with Gasteiger partial charge in [0.25, 0.3) is 0 Å². The molecule has 2 rings (SSSR count). The van der Waals surface area contributed by atoms with Crippen molar-refractivity contribution >= 4 is 0 Å². The van der Waals surface area contributed by atoms with Crippen molar-refractivity contribution in [3.8, 4) is 11.4 Å². The molecule has 0 bridgehead atoms. The molecule has 3 heteroatoms. The number of rotatable bonds is 3. The van der Waals surface area contributed by atoms with Crippen LogP contribution in [0.25, 0.3) is 11.4 Å². The summed E-state index contributed by atoms with van der Waals surface area (Å²) in [6, 6.07) is 10.1. The van der Waals surface area contributed by atoms with Gasteiger partial charge in [-0.3, -0.25) is 0 Å². The van der Waals surface area contributed by atoms with Crippen LogP contribution in [0, 0.1) is 0 Å². The fraction of sp³-hybridized carbons (Fsp3) is 0.167. The van der Waals surface area contributed by atoms with Gasteiger partial charge in [0.15, 0.2) is 0 Å². The van der Waals surface area contributed by atoms with Crippen LogP contribution in [0.4, 0.5) is 0 Å². The van der Waals surface area contributed by atoms with Gasteiger partial charge in [0, 0.05) is 0 Å². The molecule has 0 spiro atoms. The van der Waals surface area contributed by atoms with Crippen LogP contribution in [-0.4, -0.2) is 9.97 Å². The van der Waals surface area contributed by atoms with Crippen molar-refractivity contribution in [1.82, 2.24) is 9.97 Å². The topological polar surface area (TPSA) is 25.8 Å². The molecule has 0 aliphatic heterocycles. The van der Waals surface area contributed by atoms with Crippen molar-refractivity contribution in [2.45, 2.75) is 9.65 Å². The Morgan fingerprint density at radius 2 is 1.87 bits per heavy atom. The van der Waals surface area contributed by atoms with Gasteiger partial charge in [-0.1, -0.05) is 0 Å². The Labute approximate surface area is 110 Å². The normalized spacial score (nSPS) is 10.1. The molecule has 15 heavy (non-hydrogen) atoms. The third-order valence-corrected chi connectivity index (χ3v) is 2.89. The molecule has 2 nitrogen and oxygen atoms in total. The summed E-state index contributed by atoms with van der Waals surface area (Å²) in [5, 5.41) is 0. The van der Waals surface area contributed by atoms with E-state index >= 15 is 0 Å². The predicted molar refractivity (Wildman–Crippen MR) is 56.0 cm³/mol. The Morgan fingerprint density at radius 3 is 2.47 bits per heavy atom. The summed E-state index contributed by atoms with van der Waals surface area (Å²) in [5.74, 6) is 0. The molecule has 0 saturated heterocycles. The first-order chi connectivity index (χ1) is 7.40. The van der Waals surface area contributed by atoms with Crippen molar-refractivity contribution in [2.75, 3.05) is 0 Å². The zero-order chi connectivity index (χ0) is 10.5. The molecule has 0 saturated carbocycles. The van der Waals surface area contributed by atoms with Crippen LogP contribution in [-0.2, 0) is 37.4 Å². The number of hydrogen-bond donors (Lipinski definition) is 0. The second-order valence-corrected chi connectivity index (χ2v) is 4.72. The van der Waals surface area contributed by atoms with Crippen LogP contribution in [0.3, 0.4) is 0 Å². The summed E-state index contributed by atoms with van der Waals surface area (Å²) in [6.45, 7) is 0. The van der Waals surface area contributed by atoms with Crippen molar-refractivity contribution in [3.63, 3.8) is 0 Å². The molecule has 2 aromatic heterocycles. The maximum absolute atomic E-state index is 4.42. The average molecular weight is 272 g/mol. The molecule has 0 fully saturated rings. The van der Waals surface area contributed by atoms with Crippen LogP contribution in [0.2, 0.25) is 3.23 Å². The van der Waals surface area contributed by atoms with E-state index in [0.29, 0.717) is 0 Å². The Kier molecular flexibility index (Phi) is 3.98. The quantitative estimate of drug-likeness (QED) is 0.858. The van der Waals surface area contributed by atoms with E-state index in [1.54, 1.807) is 6.20 Å². The predicted octanol–water partition coefficient (Wildman–Crippen LogP) is 2.65. The summed E-state index contributed by atoms with van der Waals surface area (Å²) < 4.78 is 1.29. The van der Waals surface area contributed by atoms with Crippen molar-refractivity contribution in [3.05, 3.63) is 48.3 Å². The molecule has 0 aromatic carbocycles. The summed E-state index contributed by atoms with van der Waals surface area (Å²) in [5.41, 5.74) is 3.21. The molecule has 0 amide bonds. The second kappa shape index (κ2) is 5.48. The first-order valence-corrected chi connectivity index (χ1v) is 6.97. The van der Waals surface area contributed by atoms with Gasteiger partial charge in [0.2, 0.25) is 0 Å². The summed E-state index contributed by atoms with van der Waals surface area (Å²) in [7, 11) is 0. The third-order valence-electron chi connectivity index (χ3n) is 2.19. The number of aromatic nitrogens is 2. The second-order valence-electron chi connectivity index (χ2n) is 3.31. The minimum absolute atomic E-state index is 0.939. The van der Waals surface area contributed by atoms with Crippen molar-refractivity contribution in [1.29, 1.82) is 0 Å². The van der Waals surface area contributed by atoms with Crippen molar-refractivity contribution in [2.24, 2.45) is 0 Å². The van der Waals surface area contributed by atoms with Gasteiger partial charge in [-0.05, 0) is 0 Å². The molecule has 0 atom stereocenters. The van der Waals surface area contributed by atoms with Crippen molar-refractivity contribution < 1.29 is 31.0 Å². The third kappa shape index (κ3) is 2.93. The van der Waals surface area contributed by atoms with E-state index in [0.717, 1.165) is 17.8 Å². The molecule has 72 valence electrons. The van der Waals surface area contributed by atoms with Gasteiger partial charge in [-0.25, -0.2) is 0 Å². The SMILES string of the molecule is [Y][CH2]Cc1ccc(-c2ccccn2)nc1. The van der Waals surface area contributed by atoms with Gasteiger partial charge in [0.05, 0.1) is 0 Å². The Balaban J connectivity index is 2.24. The van der Waals surface area contributed by atoms with Gasteiger partial charge < -0.3 is 0 Å². The molecule has 0 aliphatic carbocycles. The first kappa shape index (κ1) is 10.9. The molecule has 0 unspecified atom stereocenters. The monoisotopic (exact) mass is 272 g/mol. The van der Waals surface area contributed by atoms with E-state index in [9.17, 15) is 0 Å². The maximum atomic E-state index is 4.42. The van der Waals surface area contributed by atoms with Gasteiger partial charge in [0.1, 0.15) is 0 Å². The van der Waals surface area contributed by atoms with Gasteiger partial charge in [-0.15, -0.1) is 0 Å². The van der Waals surface area contributed by atoms with Gasteiger partial charge in [-0.2, -0.15) is 0 Å². The van der Waals surface area contributed by atoms with Crippen LogP contribution in [0.15, 0.2) is 42.7 Å². The molecular weight excluding hydrogens is 261 g/mol. The summed E-state index contributed by atoms with van der Waals surface area (Å²) >= 11 is 1.32. The summed E-state index contributed by atoms with van der Waals surface area (Å²) in [6.07, 6.45) is 4.90. The zero-order valence-corrected chi connectivity index (χ0v) is 11.3. The molecule has 0 radical (unpaired) electrons. The number of pyridine rings is 2. The van der Waals surface area contributed by atoms with Crippen LogP contribution in [0.1, 0.15) is 5.56 Å². The molecule has 0 N–H and O–H groups in total.